The highest BCUT2D eigenvalue weighted by atomic mass is 79.9. The number of rotatable bonds is 9. The monoisotopic (exact) mass is 814 g/mol. The summed E-state index contributed by atoms with van der Waals surface area (Å²) in [7, 11) is 0. The molecule has 0 N–H and O–H groups in total. The number of hydrogen-bond donors (Lipinski definition) is 0. The van der Waals surface area contributed by atoms with Crippen molar-refractivity contribution in [2.45, 2.75) is 104 Å². The molecule has 1 heterocycles. The maximum atomic E-state index is 13.1. The summed E-state index contributed by atoms with van der Waals surface area (Å²) in [4.78, 5) is 54.2. The van der Waals surface area contributed by atoms with Crippen molar-refractivity contribution in [1.82, 2.24) is 9.80 Å². The topological polar surface area (TPSA) is 112 Å². The molecule has 0 aromatic heterocycles. The van der Waals surface area contributed by atoms with Crippen LogP contribution in [0, 0.1) is 0 Å². The Labute approximate surface area is 332 Å². The molecule has 2 atom stereocenters. The summed E-state index contributed by atoms with van der Waals surface area (Å²) in [6.07, 6.45) is -1.11. The number of esters is 2. The number of carbonyl (C=O) groups excluding carboxylic acids is 4. The summed E-state index contributed by atoms with van der Waals surface area (Å²) in [5, 5.41) is 0. The van der Waals surface area contributed by atoms with Gasteiger partial charge in [0, 0.05) is 4.47 Å². The first-order valence-electron chi connectivity index (χ1n) is 18.1. The molecule has 5 rings (SSSR count). The number of carbonyl (C=O) groups is 4. The number of nitrogens with zero attached hydrogens (tertiary/aromatic N) is 2. The zero-order valence-corrected chi connectivity index (χ0v) is 34.4. The Morgan fingerprint density at radius 3 is 1.80 bits per heavy atom. The van der Waals surface area contributed by atoms with Crippen LogP contribution in [-0.4, -0.2) is 51.2 Å². The largest absolute Gasteiger partial charge is 0.458 e. The fourth-order valence-electron chi connectivity index (χ4n) is 5.74. The van der Waals surface area contributed by atoms with Crippen LogP contribution >= 0.6 is 15.9 Å². The Morgan fingerprint density at radius 1 is 0.727 bits per heavy atom. The first-order chi connectivity index (χ1) is 25.9. The van der Waals surface area contributed by atoms with Crippen LogP contribution in [0.5, 0.6) is 0 Å². The van der Waals surface area contributed by atoms with E-state index < -0.39 is 46.9 Å². The summed E-state index contributed by atoms with van der Waals surface area (Å²) in [6.45, 7) is 15.0. The van der Waals surface area contributed by atoms with Gasteiger partial charge in [-0.25, -0.2) is 19.2 Å². The molecule has 55 heavy (non-hydrogen) atoms. The standard InChI is InChI=1S/C22H26BrNO4.C22H25NO4/c1-16(20(25)28-22(2,3)4)24(14-18-12-8-9-13-19(18)23)21(26)27-15-17-10-6-5-7-11-17;1-21(2,3)27-19(24)22(4)18-13-9-8-12-17(18)14-23(22)20(25)26-15-16-10-6-5-7-11-16/h5-13,16H,14-15H2,1-4H3;5-13H,14-15H2,1-4H3. The molecule has 2 unspecified atom stereocenters. The van der Waals surface area contributed by atoms with Gasteiger partial charge < -0.3 is 18.9 Å². The zero-order chi connectivity index (χ0) is 40.4. The smallest absolute Gasteiger partial charge is 0.411 e. The van der Waals surface area contributed by atoms with E-state index in [0.29, 0.717) is 6.54 Å². The van der Waals surface area contributed by atoms with Crippen molar-refractivity contribution >= 4 is 40.1 Å². The number of fused-ring (bicyclic) bond motifs is 1. The third-order valence-electron chi connectivity index (χ3n) is 8.59. The first-order valence-corrected chi connectivity index (χ1v) is 18.9. The number of halogens is 1. The molecule has 0 saturated heterocycles. The Hall–Kier alpha value is -5.16. The van der Waals surface area contributed by atoms with Crippen LogP contribution in [0.25, 0.3) is 0 Å². The van der Waals surface area contributed by atoms with Gasteiger partial charge in [-0.15, -0.1) is 0 Å². The maximum Gasteiger partial charge on any atom is 0.411 e. The van der Waals surface area contributed by atoms with Crippen molar-refractivity contribution in [3.63, 3.8) is 0 Å². The van der Waals surface area contributed by atoms with E-state index in [9.17, 15) is 19.2 Å². The zero-order valence-electron chi connectivity index (χ0n) is 32.8. The van der Waals surface area contributed by atoms with E-state index in [-0.39, 0.29) is 19.8 Å². The molecule has 0 radical (unpaired) electrons. The van der Waals surface area contributed by atoms with Gasteiger partial charge in [0.05, 0.1) is 13.1 Å². The lowest BCUT2D eigenvalue weighted by Gasteiger charge is -2.35. The summed E-state index contributed by atoms with van der Waals surface area (Å²) < 4.78 is 22.9. The molecule has 10 nitrogen and oxygen atoms in total. The van der Waals surface area contributed by atoms with Crippen molar-refractivity contribution in [1.29, 1.82) is 0 Å². The summed E-state index contributed by atoms with van der Waals surface area (Å²) in [5.74, 6) is -0.937. The lowest BCUT2D eigenvalue weighted by atomic mass is 9.91. The third-order valence-corrected chi connectivity index (χ3v) is 9.36. The molecule has 0 saturated carbocycles. The third kappa shape index (κ3) is 11.9. The molecule has 2 amide bonds. The van der Waals surface area contributed by atoms with Gasteiger partial charge in [-0.2, -0.15) is 0 Å². The van der Waals surface area contributed by atoms with E-state index >= 15 is 0 Å². The van der Waals surface area contributed by atoms with Gasteiger partial charge >= 0.3 is 24.1 Å². The lowest BCUT2D eigenvalue weighted by molar-refractivity contribution is -0.168. The molecule has 292 valence electrons. The number of benzene rings is 4. The molecule has 0 fully saturated rings. The van der Waals surface area contributed by atoms with E-state index in [1.807, 2.05) is 130 Å². The van der Waals surface area contributed by atoms with Crippen LogP contribution in [0.15, 0.2) is 114 Å². The van der Waals surface area contributed by atoms with Gasteiger partial charge in [-0.1, -0.05) is 119 Å². The Kier molecular flexibility index (Phi) is 14.3. The fourth-order valence-corrected chi connectivity index (χ4v) is 6.15. The highest BCUT2D eigenvalue weighted by molar-refractivity contribution is 9.10. The minimum absolute atomic E-state index is 0.132. The first kappa shape index (κ1) is 42.6. The van der Waals surface area contributed by atoms with Gasteiger partial charge in [0.2, 0.25) is 0 Å². The lowest BCUT2D eigenvalue weighted by Crippen LogP contribution is -2.50. The summed E-state index contributed by atoms with van der Waals surface area (Å²) in [5.41, 5.74) is 1.81. The second kappa shape index (κ2) is 18.4. The molecule has 4 aromatic rings. The predicted octanol–water partition coefficient (Wildman–Crippen LogP) is 9.71. The van der Waals surface area contributed by atoms with E-state index in [2.05, 4.69) is 15.9 Å². The molecular weight excluding hydrogens is 764 g/mol. The van der Waals surface area contributed by atoms with Gasteiger partial charge in [0.25, 0.3) is 0 Å². The maximum absolute atomic E-state index is 13.1. The molecule has 1 aliphatic rings. The van der Waals surface area contributed by atoms with Crippen LogP contribution in [0.4, 0.5) is 9.59 Å². The Balaban J connectivity index is 0.000000245. The Bertz CT molecular complexity index is 1920. The van der Waals surface area contributed by atoms with Gasteiger partial charge in [0.1, 0.15) is 30.5 Å². The van der Waals surface area contributed by atoms with Crippen LogP contribution < -0.4 is 0 Å². The van der Waals surface area contributed by atoms with E-state index in [1.54, 1.807) is 34.6 Å². The second-order valence-corrected chi connectivity index (χ2v) is 16.2. The SMILES string of the molecule is CC(C(=O)OC(C)(C)C)N(Cc1ccccc1Br)C(=O)OCc1ccccc1.CC(C)(C)OC(=O)C1(C)c2ccccc2CN1C(=O)OCc1ccccc1. The molecule has 0 bridgehead atoms. The average molecular weight is 816 g/mol. The normalized spacial score (nSPS) is 15.4. The van der Waals surface area contributed by atoms with Gasteiger partial charge in [-0.05, 0) is 89.3 Å². The van der Waals surface area contributed by atoms with Crippen molar-refractivity contribution in [3.05, 3.63) is 141 Å². The Morgan fingerprint density at radius 2 is 1.24 bits per heavy atom. The fraction of sp³-hybridized carbons (Fsp3) is 0.364. The number of hydrogen-bond acceptors (Lipinski definition) is 8. The van der Waals surface area contributed by atoms with Crippen molar-refractivity contribution in [2.75, 3.05) is 0 Å². The minimum Gasteiger partial charge on any atom is -0.458 e. The van der Waals surface area contributed by atoms with E-state index in [4.69, 9.17) is 18.9 Å². The number of ether oxygens (including phenoxy) is 4. The van der Waals surface area contributed by atoms with Gasteiger partial charge in [-0.3, -0.25) is 9.80 Å². The molecular formula is C44H51BrN2O8. The quantitative estimate of drug-likeness (QED) is 0.121. The average Bonchev–Trinajstić information content (AvgIpc) is 3.45. The molecule has 4 aromatic carbocycles. The van der Waals surface area contributed by atoms with Crippen molar-refractivity contribution in [3.8, 4) is 0 Å². The summed E-state index contributed by atoms with van der Waals surface area (Å²) >= 11 is 3.49. The van der Waals surface area contributed by atoms with Gasteiger partial charge in [0.15, 0.2) is 5.54 Å². The van der Waals surface area contributed by atoms with Crippen LogP contribution in [-0.2, 0) is 60.4 Å². The highest BCUT2D eigenvalue weighted by Crippen LogP contribution is 2.41. The van der Waals surface area contributed by atoms with E-state index in [0.717, 1.165) is 32.3 Å². The van der Waals surface area contributed by atoms with Crippen LogP contribution in [0.3, 0.4) is 0 Å². The molecule has 11 heteroatoms. The minimum atomic E-state index is -1.22. The molecule has 1 aliphatic heterocycles. The van der Waals surface area contributed by atoms with Crippen LogP contribution in [0.1, 0.15) is 83.2 Å². The van der Waals surface area contributed by atoms with Crippen molar-refractivity contribution in [2.24, 2.45) is 0 Å². The molecule has 0 spiro atoms. The van der Waals surface area contributed by atoms with Crippen LogP contribution in [0.2, 0.25) is 0 Å². The van der Waals surface area contributed by atoms with Crippen molar-refractivity contribution < 1.29 is 38.1 Å². The molecule has 0 aliphatic carbocycles. The predicted molar refractivity (Wildman–Crippen MR) is 213 cm³/mol. The van der Waals surface area contributed by atoms with E-state index in [1.165, 1.54) is 9.80 Å². The summed E-state index contributed by atoms with van der Waals surface area (Å²) in [6, 6.07) is 33.2. The number of amides is 2. The highest BCUT2D eigenvalue weighted by Gasteiger charge is 2.52. The second-order valence-electron chi connectivity index (χ2n) is 15.3.